The van der Waals surface area contributed by atoms with Crippen LogP contribution in [0.25, 0.3) is 0 Å². The molecule has 0 radical (unpaired) electrons. The maximum absolute atomic E-state index is 12.1. The van der Waals surface area contributed by atoms with Gasteiger partial charge in [0.15, 0.2) is 0 Å². The van der Waals surface area contributed by atoms with Crippen molar-refractivity contribution < 1.29 is 9.21 Å². The number of hydrogen-bond donors (Lipinski definition) is 2. The van der Waals surface area contributed by atoms with Crippen molar-refractivity contribution in [3.8, 4) is 0 Å². The lowest BCUT2D eigenvalue weighted by Gasteiger charge is -2.34. The van der Waals surface area contributed by atoms with E-state index in [1.54, 1.807) is 0 Å². The summed E-state index contributed by atoms with van der Waals surface area (Å²) < 4.78 is 5.78. The lowest BCUT2D eigenvalue weighted by Crippen LogP contribution is -2.37. The Morgan fingerprint density at radius 1 is 1.60 bits per heavy atom. The lowest BCUT2D eigenvalue weighted by atomic mass is 9.74. The topological polar surface area (TPSA) is 68.3 Å². The molecular weight excluding hydrogens is 252 g/mol. The van der Waals surface area contributed by atoms with Crippen molar-refractivity contribution in [1.82, 2.24) is 5.32 Å². The highest BCUT2D eigenvalue weighted by Crippen LogP contribution is 2.42. The maximum Gasteiger partial charge on any atom is 0.220 e. The summed E-state index contributed by atoms with van der Waals surface area (Å²) in [5, 5.41) is 3.15. The van der Waals surface area contributed by atoms with Crippen molar-refractivity contribution in [2.24, 2.45) is 17.1 Å². The molecule has 0 bridgehead atoms. The van der Waals surface area contributed by atoms with Crippen LogP contribution in [0.4, 0.5) is 0 Å². The zero-order chi connectivity index (χ0) is 14.9. The Hall–Kier alpha value is -1.29. The number of nitrogens with one attached hydrogen (secondary N) is 1. The molecule has 0 aliphatic heterocycles. The molecule has 1 aromatic rings. The zero-order valence-corrected chi connectivity index (χ0v) is 13.0. The second-order valence-electron chi connectivity index (χ2n) is 6.95. The van der Waals surface area contributed by atoms with Crippen molar-refractivity contribution in [3.05, 3.63) is 23.2 Å². The van der Waals surface area contributed by atoms with E-state index in [1.165, 1.54) is 0 Å². The Kier molecular flexibility index (Phi) is 4.23. The highest BCUT2D eigenvalue weighted by atomic mass is 16.3. The summed E-state index contributed by atoms with van der Waals surface area (Å²) in [5.41, 5.74) is 6.88. The van der Waals surface area contributed by atoms with Gasteiger partial charge in [-0.1, -0.05) is 20.8 Å². The summed E-state index contributed by atoms with van der Waals surface area (Å²) in [6, 6.07) is 2.12. The number of furan rings is 1. The molecular formula is C16H26N2O2. The van der Waals surface area contributed by atoms with Crippen LogP contribution in [0.15, 0.2) is 10.5 Å². The molecule has 0 saturated carbocycles. The maximum atomic E-state index is 12.1. The molecule has 1 amide bonds. The third-order valence-corrected chi connectivity index (χ3v) is 4.01. The van der Waals surface area contributed by atoms with Crippen molar-refractivity contribution >= 4 is 5.91 Å². The number of hydrogen-bond acceptors (Lipinski definition) is 3. The fourth-order valence-corrected chi connectivity index (χ4v) is 2.97. The van der Waals surface area contributed by atoms with Crippen LogP contribution in [0, 0.1) is 18.3 Å². The van der Waals surface area contributed by atoms with E-state index < -0.39 is 0 Å². The van der Waals surface area contributed by atoms with Gasteiger partial charge in [-0.15, -0.1) is 0 Å². The van der Waals surface area contributed by atoms with Gasteiger partial charge in [-0.3, -0.25) is 4.79 Å². The molecule has 112 valence electrons. The van der Waals surface area contributed by atoms with Gasteiger partial charge in [-0.05, 0) is 37.3 Å². The van der Waals surface area contributed by atoms with E-state index >= 15 is 0 Å². The van der Waals surface area contributed by atoms with Crippen LogP contribution in [-0.4, -0.2) is 12.5 Å². The van der Waals surface area contributed by atoms with Gasteiger partial charge in [0, 0.05) is 18.4 Å². The van der Waals surface area contributed by atoms with Gasteiger partial charge >= 0.3 is 0 Å². The SMILES string of the molecule is Cc1cc2c(o1)CC(C)(C)CC2NC(=O)CC(C)CN. The summed E-state index contributed by atoms with van der Waals surface area (Å²) >= 11 is 0. The van der Waals surface area contributed by atoms with Crippen LogP contribution in [-0.2, 0) is 11.2 Å². The van der Waals surface area contributed by atoms with Gasteiger partial charge in [0.2, 0.25) is 5.91 Å². The minimum Gasteiger partial charge on any atom is -0.466 e. The van der Waals surface area contributed by atoms with Gasteiger partial charge in [-0.25, -0.2) is 0 Å². The number of nitrogens with two attached hydrogens (primary N) is 1. The highest BCUT2D eigenvalue weighted by molar-refractivity contribution is 5.76. The summed E-state index contributed by atoms with van der Waals surface area (Å²) in [7, 11) is 0. The minimum absolute atomic E-state index is 0.0590. The monoisotopic (exact) mass is 278 g/mol. The molecule has 4 heteroatoms. The van der Waals surface area contributed by atoms with E-state index in [1.807, 2.05) is 13.8 Å². The molecule has 2 atom stereocenters. The molecule has 4 nitrogen and oxygen atoms in total. The van der Waals surface area contributed by atoms with Gasteiger partial charge in [0.1, 0.15) is 11.5 Å². The van der Waals surface area contributed by atoms with Crippen LogP contribution in [0.5, 0.6) is 0 Å². The van der Waals surface area contributed by atoms with Crippen LogP contribution in [0.1, 0.15) is 56.7 Å². The molecule has 0 saturated heterocycles. The van der Waals surface area contributed by atoms with E-state index in [2.05, 4.69) is 25.2 Å². The van der Waals surface area contributed by atoms with Gasteiger partial charge in [-0.2, -0.15) is 0 Å². The normalized spacial score (nSPS) is 22.1. The molecule has 0 fully saturated rings. The summed E-state index contributed by atoms with van der Waals surface area (Å²) in [6.07, 6.45) is 2.36. The first kappa shape index (κ1) is 15.1. The van der Waals surface area contributed by atoms with E-state index in [-0.39, 0.29) is 23.3 Å². The summed E-state index contributed by atoms with van der Waals surface area (Å²) in [6.45, 7) is 8.93. The Bertz CT molecular complexity index is 491. The van der Waals surface area contributed by atoms with Crippen LogP contribution in [0.3, 0.4) is 0 Å². The highest BCUT2D eigenvalue weighted by Gasteiger charge is 2.35. The third kappa shape index (κ3) is 3.42. The first-order valence-corrected chi connectivity index (χ1v) is 7.39. The standard InChI is InChI=1S/C16H26N2O2/c1-10(9-17)5-15(19)18-13-7-16(3,4)8-14-12(13)6-11(2)20-14/h6,10,13H,5,7-9,17H2,1-4H3,(H,18,19). The molecule has 2 unspecified atom stereocenters. The predicted octanol–water partition coefficient (Wildman–Crippen LogP) is 2.70. The Morgan fingerprint density at radius 2 is 2.30 bits per heavy atom. The number of rotatable bonds is 4. The number of aryl methyl sites for hydroxylation is 1. The second kappa shape index (κ2) is 5.60. The Balaban J connectivity index is 2.13. The van der Waals surface area contributed by atoms with Gasteiger partial charge < -0.3 is 15.5 Å². The average molecular weight is 278 g/mol. The van der Waals surface area contributed by atoms with Crippen molar-refractivity contribution in [1.29, 1.82) is 0 Å². The fourth-order valence-electron chi connectivity index (χ4n) is 2.97. The molecule has 1 aliphatic rings. The Morgan fingerprint density at radius 3 is 2.95 bits per heavy atom. The van der Waals surface area contributed by atoms with Gasteiger partial charge in [0.25, 0.3) is 0 Å². The minimum atomic E-state index is 0.0590. The molecule has 2 rings (SSSR count). The van der Waals surface area contributed by atoms with E-state index in [4.69, 9.17) is 10.2 Å². The van der Waals surface area contributed by atoms with E-state index in [0.29, 0.717) is 13.0 Å². The van der Waals surface area contributed by atoms with Crippen molar-refractivity contribution in [3.63, 3.8) is 0 Å². The molecule has 0 spiro atoms. The summed E-state index contributed by atoms with van der Waals surface area (Å²) in [5.74, 6) is 2.24. The number of fused-ring (bicyclic) bond motifs is 1. The molecule has 1 aliphatic carbocycles. The van der Waals surface area contributed by atoms with Crippen LogP contribution < -0.4 is 11.1 Å². The number of carbonyl (C=O) groups excluding carboxylic acids is 1. The quantitative estimate of drug-likeness (QED) is 0.889. The molecule has 3 N–H and O–H groups in total. The van der Waals surface area contributed by atoms with E-state index in [9.17, 15) is 4.79 Å². The smallest absolute Gasteiger partial charge is 0.220 e. The molecule has 1 heterocycles. The zero-order valence-electron chi connectivity index (χ0n) is 13.0. The summed E-state index contributed by atoms with van der Waals surface area (Å²) in [4.78, 5) is 12.1. The van der Waals surface area contributed by atoms with Crippen molar-refractivity contribution in [2.75, 3.05) is 6.54 Å². The predicted molar refractivity (Wildman–Crippen MR) is 79.3 cm³/mol. The second-order valence-corrected chi connectivity index (χ2v) is 6.95. The third-order valence-electron chi connectivity index (χ3n) is 4.01. The van der Waals surface area contributed by atoms with Gasteiger partial charge in [0.05, 0.1) is 6.04 Å². The van der Waals surface area contributed by atoms with Crippen molar-refractivity contribution in [2.45, 2.75) is 53.0 Å². The Labute approximate surface area is 121 Å². The van der Waals surface area contributed by atoms with Crippen LogP contribution >= 0.6 is 0 Å². The van der Waals surface area contributed by atoms with E-state index in [0.717, 1.165) is 29.9 Å². The first-order chi connectivity index (χ1) is 9.30. The number of carbonyl (C=O) groups is 1. The first-order valence-electron chi connectivity index (χ1n) is 7.39. The molecule has 20 heavy (non-hydrogen) atoms. The number of amides is 1. The lowest BCUT2D eigenvalue weighted by molar-refractivity contribution is -0.122. The van der Waals surface area contributed by atoms with Crippen LogP contribution in [0.2, 0.25) is 0 Å². The molecule has 0 aromatic carbocycles. The average Bonchev–Trinajstić information content (AvgIpc) is 2.67. The largest absolute Gasteiger partial charge is 0.466 e. The molecule has 1 aromatic heterocycles. The fraction of sp³-hybridized carbons (Fsp3) is 0.688.